The summed E-state index contributed by atoms with van der Waals surface area (Å²) in [5.41, 5.74) is 5.00. The Balaban J connectivity index is 1.89. The molecule has 3 amide bonds. The third-order valence-corrected chi connectivity index (χ3v) is 7.00. The van der Waals surface area contributed by atoms with E-state index in [1.807, 2.05) is 93.6 Å². The van der Waals surface area contributed by atoms with E-state index in [0.717, 1.165) is 22.4 Å². The molecular weight excluding hydrogens is 586 g/mol. The topological polar surface area (TPSA) is 142 Å². The first-order valence-corrected chi connectivity index (χ1v) is 15.3. The molecule has 0 unspecified atom stereocenters. The number of nitrogens with one attached hydrogen (secondary N) is 3. The number of aromatic nitrogens is 1. The molecule has 0 aliphatic carbocycles. The van der Waals surface area contributed by atoms with Gasteiger partial charge in [0, 0.05) is 24.8 Å². The molecule has 3 atom stereocenters. The molecule has 0 spiro atoms. The standard InChI is InChI=1S/C35H47N5O6/c1-34(2,3)30(38-32(43)45-7)31(42)39-40(22-25-16-18-26(19-17-25)27-15-11-12-20-36-27)23-29(41)28(21-24-13-9-8-10-14-24)37-33(44)46-35(4,5)6/h8-20,28-30,41H,21-23H2,1-7H3,(H,37,44)(H,38,43)(H,39,42)/t28-,29+,30+/m1/s1. The number of hydrogen-bond acceptors (Lipinski definition) is 8. The van der Waals surface area contributed by atoms with Crippen molar-refractivity contribution >= 4 is 18.1 Å². The van der Waals surface area contributed by atoms with Gasteiger partial charge in [-0.25, -0.2) is 14.6 Å². The summed E-state index contributed by atoms with van der Waals surface area (Å²) in [4.78, 5) is 43.0. The van der Waals surface area contributed by atoms with Crippen LogP contribution >= 0.6 is 0 Å². The number of hydrazine groups is 1. The molecule has 0 radical (unpaired) electrons. The van der Waals surface area contributed by atoms with Crippen LogP contribution in [0.4, 0.5) is 9.59 Å². The molecule has 1 heterocycles. The summed E-state index contributed by atoms with van der Waals surface area (Å²) in [6, 6.07) is 21.2. The number of carbonyl (C=O) groups is 3. The zero-order valence-electron chi connectivity index (χ0n) is 27.7. The molecule has 0 aliphatic rings. The van der Waals surface area contributed by atoms with Gasteiger partial charge in [-0.3, -0.25) is 15.2 Å². The van der Waals surface area contributed by atoms with Gasteiger partial charge in [-0.2, -0.15) is 0 Å². The fraction of sp³-hybridized carbons (Fsp3) is 0.429. The fourth-order valence-corrected chi connectivity index (χ4v) is 4.72. The average molecular weight is 634 g/mol. The highest BCUT2D eigenvalue weighted by Crippen LogP contribution is 2.21. The second-order valence-electron chi connectivity index (χ2n) is 13.2. The number of ether oxygens (including phenoxy) is 2. The van der Waals surface area contributed by atoms with Crippen molar-refractivity contribution in [1.29, 1.82) is 0 Å². The van der Waals surface area contributed by atoms with Crippen LogP contribution in [0.1, 0.15) is 52.7 Å². The van der Waals surface area contributed by atoms with Gasteiger partial charge in [0.15, 0.2) is 0 Å². The number of aliphatic hydroxyl groups excluding tert-OH is 1. The van der Waals surface area contributed by atoms with Crippen LogP contribution in [-0.4, -0.2) is 70.6 Å². The molecule has 0 saturated heterocycles. The lowest BCUT2D eigenvalue weighted by molar-refractivity contribution is -0.131. The lowest BCUT2D eigenvalue weighted by atomic mass is 9.86. The molecule has 4 N–H and O–H groups in total. The van der Waals surface area contributed by atoms with Crippen LogP contribution in [0.3, 0.4) is 0 Å². The van der Waals surface area contributed by atoms with Crippen molar-refractivity contribution in [2.45, 2.75) is 78.3 Å². The Bertz CT molecular complexity index is 1410. The third-order valence-electron chi connectivity index (χ3n) is 7.00. The molecule has 0 aliphatic heterocycles. The Morgan fingerprint density at radius 2 is 1.50 bits per heavy atom. The third kappa shape index (κ3) is 11.8. The molecule has 11 heteroatoms. The summed E-state index contributed by atoms with van der Waals surface area (Å²) < 4.78 is 10.2. The number of benzene rings is 2. The van der Waals surface area contributed by atoms with E-state index in [9.17, 15) is 19.5 Å². The summed E-state index contributed by atoms with van der Waals surface area (Å²) in [7, 11) is 1.23. The number of methoxy groups -OCH3 is 1. The van der Waals surface area contributed by atoms with E-state index in [4.69, 9.17) is 9.47 Å². The smallest absolute Gasteiger partial charge is 0.407 e. The zero-order chi connectivity index (χ0) is 33.9. The van der Waals surface area contributed by atoms with Gasteiger partial charge in [0.25, 0.3) is 5.91 Å². The average Bonchev–Trinajstić information content (AvgIpc) is 2.99. The lowest BCUT2D eigenvalue weighted by Gasteiger charge is -2.34. The van der Waals surface area contributed by atoms with Crippen molar-refractivity contribution in [1.82, 2.24) is 26.1 Å². The fourth-order valence-electron chi connectivity index (χ4n) is 4.72. The summed E-state index contributed by atoms with van der Waals surface area (Å²) >= 11 is 0. The molecule has 3 rings (SSSR count). The highest BCUT2D eigenvalue weighted by atomic mass is 16.6. The Hall–Kier alpha value is -4.48. The highest BCUT2D eigenvalue weighted by Gasteiger charge is 2.35. The predicted octanol–water partition coefficient (Wildman–Crippen LogP) is 4.85. The monoisotopic (exact) mass is 633 g/mol. The molecule has 0 fully saturated rings. The Kier molecular flexibility index (Phi) is 12.7. The van der Waals surface area contributed by atoms with E-state index in [1.165, 1.54) is 7.11 Å². The van der Waals surface area contributed by atoms with Gasteiger partial charge in [0.2, 0.25) is 0 Å². The SMILES string of the molecule is COC(=O)N[C@@H](C(=O)NN(Cc1ccc(-c2ccccn2)cc1)C[C@H](O)[C@@H](Cc1ccccc1)NC(=O)OC(C)(C)C)C(C)(C)C. The highest BCUT2D eigenvalue weighted by molar-refractivity contribution is 5.86. The maximum Gasteiger partial charge on any atom is 0.407 e. The molecule has 1 aromatic heterocycles. The maximum atomic E-state index is 13.7. The molecule has 46 heavy (non-hydrogen) atoms. The zero-order valence-corrected chi connectivity index (χ0v) is 27.7. The van der Waals surface area contributed by atoms with Crippen LogP contribution in [0.5, 0.6) is 0 Å². The Morgan fingerprint density at radius 1 is 0.848 bits per heavy atom. The Labute approximate surface area is 271 Å². The number of carbonyl (C=O) groups excluding carboxylic acids is 3. The van der Waals surface area contributed by atoms with Crippen LogP contribution in [0, 0.1) is 5.41 Å². The van der Waals surface area contributed by atoms with Gasteiger partial charge in [-0.15, -0.1) is 0 Å². The van der Waals surface area contributed by atoms with Gasteiger partial charge < -0.3 is 25.2 Å². The van der Waals surface area contributed by atoms with Crippen molar-refractivity contribution < 1.29 is 29.0 Å². The number of alkyl carbamates (subject to hydrolysis) is 2. The predicted molar refractivity (Wildman–Crippen MR) is 176 cm³/mol. The largest absolute Gasteiger partial charge is 0.453 e. The first-order chi connectivity index (χ1) is 21.6. The van der Waals surface area contributed by atoms with Crippen molar-refractivity contribution in [3.8, 4) is 11.3 Å². The number of hydrogen-bond donors (Lipinski definition) is 4. The van der Waals surface area contributed by atoms with Crippen LogP contribution in [0.2, 0.25) is 0 Å². The van der Waals surface area contributed by atoms with E-state index in [2.05, 4.69) is 21.0 Å². The summed E-state index contributed by atoms with van der Waals surface area (Å²) in [5.74, 6) is -0.491. The summed E-state index contributed by atoms with van der Waals surface area (Å²) in [5, 5.41) is 18.6. The maximum absolute atomic E-state index is 13.7. The van der Waals surface area contributed by atoms with Gasteiger partial charge in [-0.05, 0) is 55.9 Å². The van der Waals surface area contributed by atoms with Gasteiger partial charge in [0.05, 0.1) is 24.9 Å². The number of aliphatic hydroxyl groups is 1. The molecule has 248 valence electrons. The van der Waals surface area contributed by atoms with Crippen molar-refractivity contribution in [3.63, 3.8) is 0 Å². The van der Waals surface area contributed by atoms with Crippen molar-refractivity contribution in [3.05, 3.63) is 90.1 Å². The minimum absolute atomic E-state index is 0.0594. The van der Waals surface area contributed by atoms with E-state index in [1.54, 1.807) is 32.0 Å². The molecule has 11 nitrogen and oxygen atoms in total. The van der Waals surface area contributed by atoms with Gasteiger partial charge >= 0.3 is 12.2 Å². The number of rotatable bonds is 12. The second kappa shape index (κ2) is 16.2. The van der Waals surface area contributed by atoms with E-state index in [0.29, 0.717) is 6.42 Å². The number of nitrogens with zero attached hydrogens (tertiary/aromatic N) is 2. The van der Waals surface area contributed by atoms with Crippen molar-refractivity contribution in [2.75, 3.05) is 13.7 Å². The second-order valence-corrected chi connectivity index (χ2v) is 13.2. The molecule has 2 aromatic carbocycles. The molecule has 3 aromatic rings. The number of pyridine rings is 1. The number of amides is 3. The minimum atomic E-state index is -1.14. The molecule has 0 bridgehead atoms. The quantitative estimate of drug-likeness (QED) is 0.208. The van der Waals surface area contributed by atoms with E-state index in [-0.39, 0.29) is 13.1 Å². The molecular formula is C35H47N5O6. The van der Waals surface area contributed by atoms with Crippen LogP contribution < -0.4 is 16.1 Å². The Morgan fingerprint density at radius 3 is 2.07 bits per heavy atom. The summed E-state index contributed by atoms with van der Waals surface area (Å²) in [6.07, 6.45) is -0.495. The normalized spacial score (nSPS) is 13.7. The van der Waals surface area contributed by atoms with E-state index >= 15 is 0 Å². The first-order valence-electron chi connectivity index (χ1n) is 15.3. The van der Waals surface area contributed by atoms with Gasteiger partial charge in [0.1, 0.15) is 11.6 Å². The minimum Gasteiger partial charge on any atom is -0.453 e. The summed E-state index contributed by atoms with van der Waals surface area (Å²) in [6.45, 7) is 10.9. The van der Waals surface area contributed by atoms with Crippen LogP contribution in [-0.2, 0) is 27.2 Å². The van der Waals surface area contributed by atoms with E-state index < -0.39 is 47.3 Å². The molecule has 0 saturated carbocycles. The van der Waals surface area contributed by atoms with Crippen LogP contribution in [0.25, 0.3) is 11.3 Å². The first kappa shape index (κ1) is 36.0. The lowest BCUT2D eigenvalue weighted by Crippen LogP contribution is -2.59. The van der Waals surface area contributed by atoms with Crippen molar-refractivity contribution in [2.24, 2.45) is 5.41 Å². The van der Waals surface area contributed by atoms with Gasteiger partial charge in [-0.1, -0.05) is 81.4 Å². The van der Waals surface area contributed by atoms with Crippen LogP contribution in [0.15, 0.2) is 79.0 Å².